The van der Waals surface area contributed by atoms with Crippen LogP contribution in [0.15, 0.2) is 0 Å². The molecule has 0 aliphatic heterocycles. The Kier molecular flexibility index (Phi) is 14.7. The Bertz CT molecular complexity index is 109. The summed E-state index contributed by atoms with van der Waals surface area (Å²) in [4.78, 5) is 0. The molecule has 0 saturated heterocycles. The van der Waals surface area contributed by atoms with Crippen molar-refractivity contribution in [3.63, 3.8) is 0 Å². The van der Waals surface area contributed by atoms with E-state index in [1.165, 1.54) is 12.8 Å². The highest BCUT2D eigenvalue weighted by atomic mass is 16.5. The molecule has 0 heterocycles. The monoisotopic (exact) mass is 233 g/mol. The quantitative estimate of drug-likeness (QED) is 0.491. The second-order valence-corrected chi connectivity index (χ2v) is 3.77. The Morgan fingerprint density at radius 2 is 1.31 bits per heavy atom. The van der Waals surface area contributed by atoms with Crippen molar-refractivity contribution in [3.05, 3.63) is 0 Å². The Morgan fingerprint density at radius 3 is 1.94 bits per heavy atom. The van der Waals surface area contributed by atoms with Crippen LogP contribution in [0.25, 0.3) is 0 Å². The van der Waals surface area contributed by atoms with Crippen LogP contribution in [0.1, 0.15) is 32.1 Å². The summed E-state index contributed by atoms with van der Waals surface area (Å²) in [7, 11) is 1.70. The molecule has 0 aromatic rings. The van der Waals surface area contributed by atoms with Gasteiger partial charge in [0.2, 0.25) is 0 Å². The zero-order valence-corrected chi connectivity index (χ0v) is 10.6. The first-order valence-corrected chi connectivity index (χ1v) is 6.26. The van der Waals surface area contributed by atoms with Gasteiger partial charge in [-0.1, -0.05) is 12.8 Å². The number of unbranched alkanes of at least 4 members (excludes halogenated alkanes) is 3. The Labute approximate surface area is 99.4 Å². The van der Waals surface area contributed by atoms with Gasteiger partial charge < -0.3 is 19.9 Å². The van der Waals surface area contributed by atoms with Crippen LogP contribution in [0, 0.1) is 0 Å². The van der Waals surface area contributed by atoms with E-state index in [-0.39, 0.29) is 0 Å². The van der Waals surface area contributed by atoms with Gasteiger partial charge in [-0.05, 0) is 25.8 Å². The third-order valence-corrected chi connectivity index (χ3v) is 2.25. The molecule has 0 spiro atoms. The van der Waals surface area contributed by atoms with Gasteiger partial charge in [0.1, 0.15) is 0 Å². The number of ether oxygens (including phenoxy) is 3. The van der Waals surface area contributed by atoms with Crippen molar-refractivity contribution in [3.8, 4) is 0 Å². The van der Waals surface area contributed by atoms with E-state index in [2.05, 4.69) is 0 Å². The summed E-state index contributed by atoms with van der Waals surface area (Å²) in [6.45, 7) is 4.55. The molecule has 0 radical (unpaired) electrons. The average Bonchev–Trinajstić information content (AvgIpc) is 2.31. The summed E-state index contributed by atoms with van der Waals surface area (Å²) < 4.78 is 15.7. The van der Waals surface area contributed by atoms with Crippen molar-refractivity contribution < 1.29 is 14.2 Å². The fraction of sp³-hybridized carbons (Fsp3) is 1.00. The predicted octanol–water partition coefficient (Wildman–Crippen LogP) is 1.58. The van der Waals surface area contributed by atoms with Gasteiger partial charge in [-0.2, -0.15) is 0 Å². The molecule has 0 unspecified atom stereocenters. The van der Waals surface area contributed by atoms with Gasteiger partial charge in [-0.25, -0.2) is 0 Å². The first-order valence-electron chi connectivity index (χ1n) is 6.26. The fourth-order valence-corrected chi connectivity index (χ4v) is 1.33. The van der Waals surface area contributed by atoms with Gasteiger partial charge in [0.05, 0.1) is 13.2 Å². The zero-order valence-electron chi connectivity index (χ0n) is 10.6. The lowest BCUT2D eigenvalue weighted by atomic mass is 10.2. The van der Waals surface area contributed by atoms with Gasteiger partial charge >= 0.3 is 0 Å². The summed E-state index contributed by atoms with van der Waals surface area (Å²) >= 11 is 0. The van der Waals surface area contributed by atoms with Gasteiger partial charge in [-0.15, -0.1) is 0 Å². The minimum Gasteiger partial charge on any atom is -0.385 e. The maximum atomic E-state index is 5.43. The minimum atomic E-state index is 0.687. The van der Waals surface area contributed by atoms with Crippen LogP contribution in [-0.4, -0.2) is 46.7 Å². The van der Waals surface area contributed by atoms with Crippen molar-refractivity contribution in [1.82, 2.24) is 0 Å². The standard InChI is InChI=1S/C12H27NO3/c1-14-8-6-10-16-12-11-15-9-5-3-2-4-7-13/h2-13H2,1H3. The maximum Gasteiger partial charge on any atom is 0.0700 e. The van der Waals surface area contributed by atoms with Crippen molar-refractivity contribution in [1.29, 1.82) is 0 Å². The number of nitrogens with two attached hydrogens (primary N) is 1. The molecule has 0 fully saturated rings. The normalized spacial score (nSPS) is 10.9. The number of hydrogen-bond donors (Lipinski definition) is 1. The van der Waals surface area contributed by atoms with E-state index in [1.807, 2.05) is 0 Å². The predicted molar refractivity (Wildman–Crippen MR) is 65.7 cm³/mol. The lowest BCUT2D eigenvalue weighted by molar-refractivity contribution is 0.0387. The summed E-state index contributed by atoms with van der Waals surface area (Å²) in [5, 5.41) is 0. The molecular formula is C12H27NO3. The minimum absolute atomic E-state index is 0.687. The molecule has 98 valence electrons. The lowest BCUT2D eigenvalue weighted by Gasteiger charge is -2.05. The van der Waals surface area contributed by atoms with E-state index in [1.54, 1.807) is 7.11 Å². The average molecular weight is 233 g/mol. The molecule has 0 aromatic heterocycles. The number of methoxy groups -OCH3 is 1. The molecule has 4 heteroatoms. The molecule has 0 aromatic carbocycles. The summed E-state index contributed by atoms with van der Waals surface area (Å²) in [5.41, 5.74) is 5.40. The topological polar surface area (TPSA) is 53.7 Å². The third-order valence-electron chi connectivity index (χ3n) is 2.25. The molecule has 0 amide bonds. The third kappa shape index (κ3) is 13.8. The molecule has 0 atom stereocenters. The number of hydrogen-bond acceptors (Lipinski definition) is 4. The van der Waals surface area contributed by atoms with Gasteiger partial charge in [0.25, 0.3) is 0 Å². The van der Waals surface area contributed by atoms with E-state index >= 15 is 0 Å². The van der Waals surface area contributed by atoms with Gasteiger partial charge in [0.15, 0.2) is 0 Å². The van der Waals surface area contributed by atoms with Crippen LogP contribution in [0.3, 0.4) is 0 Å². The first-order chi connectivity index (χ1) is 7.91. The van der Waals surface area contributed by atoms with Crippen LogP contribution in [-0.2, 0) is 14.2 Å². The van der Waals surface area contributed by atoms with Crippen molar-refractivity contribution in [2.45, 2.75) is 32.1 Å². The Hall–Kier alpha value is -0.160. The van der Waals surface area contributed by atoms with E-state index in [0.29, 0.717) is 13.2 Å². The smallest absolute Gasteiger partial charge is 0.0700 e. The summed E-state index contributed by atoms with van der Waals surface area (Å²) in [5.74, 6) is 0. The summed E-state index contributed by atoms with van der Waals surface area (Å²) in [6, 6.07) is 0. The zero-order chi connectivity index (χ0) is 11.9. The van der Waals surface area contributed by atoms with Crippen molar-refractivity contribution in [2.75, 3.05) is 46.7 Å². The molecule has 0 bridgehead atoms. The Morgan fingerprint density at radius 1 is 0.688 bits per heavy atom. The Balaban J connectivity index is 2.83. The van der Waals surface area contributed by atoms with E-state index < -0.39 is 0 Å². The van der Waals surface area contributed by atoms with Crippen LogP contribution < -0.4 is 5.73 Å². The largest absolute Gasteiger partial charge is 0.385 e. The molecule has 0 aliphatic rings. The van der Waals surface area contributed by atoms with Crippen LogP contribution >= 0.6 is 0 Å². The molecule has 16 heavy (non-hydrogen) atoms. The highest BCUT2D eigenvalue weighted by Crippen LogP contribution is 1.98. The van der Waals surface area contributed by atoms with Crippen LogP contribution in [0.5, 0.6) is 0 Å². The van der Waals surface area contributed by atoms with Gasteiger partial charge in [-0.3, -0.25) is 0 Å². The second-order valence-electron chi connectivity index (χ2n) is 3.77. The molecule has 0 rings (SSSR count). The van der Waals surface area contributed by atoms with E-state index in [9.17, 15) is 0 Å². The maximum absolute atomic E-state index is 5.43. The van der Waals surface area contributed by atoms with Crippen molar-refractivity contribution >= 4 is 0 Å². The highest BCUT2D eigenvalue weighted by molar-refractivity contribution is 4.43. The number of rotatable bonds is 13. The van der Waals surface area contributed by atoms with Crippen molar-refractivity contribution in [2.24, 2.45) is 5.73 Å². The summed E-state index contributed by atoms with van der Waals surface area (Å²) in [6.07, 6.45) is 5.64. The fourth-order valence-electron chi connectivity index (χ4n) is 1.33. The second kappa shape index (κ2) is 14.8. The molecular weight excluding hydrogens is 206 g/mol. The molecule has 0 aliphatic carbocycles. The van der Waals surface area contributed by atoms with Crippen LogP contribution in [0.4, 0.5) is 0 Å². The molecule has 2 N–H and O–H groups in total. The SMILES string of the molecule is COCCCOCCOCCCCCCN. The molecule has 0 saturated carbocycles. The lowest BCUT2D eigenvalue weighted by Crippen LogP contribution is -2.07. The van der Waals surface area contributed by atoms with E-state index in [0.717, 1.165) is 45.6 Å². The van der Waals surface area contributed by atoms with E-state index in [4.69, 9.17) is 19.9 Å². The molecule has 4 nitrogen and oxygen atoms in total. The van der Waals surface area contributed by atoms with Crippen LogP contribution in [0.2, 0.25) is 0 Å². The van der Waals surface area contributed by atoms with Gasteiger partial charge in [0, 0.05) is 26.9 Å². The first kappa shape index (κ1) is 15.8. The highest BCUT2D eigenvalue weighted by Gasteiger charge is 1.92.